The monoisotopic (exact) mass is 337 g/mol. The van der Waals surface area contributed by atoms with Crippen LogP contribution in [0.4, 0.5) is 0 Å². The number of ketones is 1. The van der Waals surface area contributed by atoms with E-state index in [0.717, 1.165) is 11.1 Å². The minimum Gasteiger partial charge on any atom is -0.377 e. The molecule has 1 amide bonds. The highest BCUT2D eigenvalue weighted by Crippen LogP contribution is 2.31. The minimum atomic E-state index is -0.510. The van der Waals surface area contributed by atoms with Gasteiger partial charge in [-0.2, -0.15) is 0 Å². The van der Waals surface area contributed by atoms with Crippen LogP contribution in [0.3, 0.4) is 0 Å². The second-order valence-electron chi connectivity index (χ2n) is 6.43. The van der Waals surface area contributed by atoms with Gasteiger partial charge in [-0.3, -0.25) is 9.59 Å². The van der Waals surface area contributed by atoms with Gasteiger partial charge in [0.1, 0.15) is 11.7 Å². The average Bonchev–Trinajstić information content (AvgIpc) is 2.63. The Hall–Kier alpha value is -2.46. The molecule has 0 unspecified atom stereocenters. The van der Waals surface area contributed by atoms with E-state index in [2.05, 4.69) is 0 Å². The Morgan fingerprint density at radius 3 is 2.20 bits per heavy atom. The second kappa shape index (κ2) is 8.08. The van der Waals surface area contributed by atoms with Crippen molar-refractivity contribution in [1.82, 2.24) is 4.90 Å². The van der Waals surface area contributed by atoms with E-state index in [0.29, 0.717) is 26.2 Å². The van der Waals surface area contributed by atoms with Gasteiger partial charge < -0.3 is 9.64 Å². The molecule has 1 aliphatic heterocycles. The third-order valence-electron chi connectivity index (χ3n) is 4.64. The fourth-order valence-electron chi connectivity index (χ4n) is 3.32. The molecule has 130 valence electrons. The SMILES string of the molecule is CC(=O)[C@H]1C(=O)N(Cc2ccccc2)[C@@H]1CCOCc1ccccc1. The zero-order valence-corrected chi connectivity index (χ0v) is 14.4. The summed E-state index contributed by atoms with van der Waals surface area (Å²) in [5.74, 6) is -0.629. The molecule has 0 aliphatic carbocycles. The maximum Gasteiger partial charge on any atom is 0.235 e. The first-order valence-electron chi connectivity index (χ1n) is 8.63. The normalized spacial score (nSPS) is 19.6. The number of carbonyl (C=O) groups is 2. The van der Waals surface area contributed by atoms with Crippen LogP contribution in [-0.2, 0) is 27.5 Å². The molecule has 0 spiro atoms. The maximum absolute atomic E-state index is 12.3. The largest absolute Gasteiger partial charge is 0.377 e. The highest BCUT2D eigenvalue weighted by molar-refractivity contribution is 6.05. The van der Waals surface area contributed by atoms with E-state index in [1.807, 2.05) is 60.7 Å². The van der Waals surface area contributed by atoms with Crippen LogP contribution in [0.25, 0.3) is 0 Å². The average molecular weight is 337 g/mol. The number of amides is 1. The zero-order valence-electron chi connectivity index (χ0n) is 14.4. The first-order valence-corrected chi connectivity index (χ1v) is 8.63. The van der Waals surface area contributed by atoms with Crippen molar-refractivity contribution >= 4 is 11.7 Å². The van der Waals surface area contributed by atoms with Crippen molar-refractivity contribution in [3.63, 3.8) is 0 Å². The van der Waals surface area contributed by atoms with Gasteiger partial charge in [-0.15, -0.1) is 0 Å². The summed E-state index contributed by atoms with van der Waals surface area (Å²) in [4.78, 5) is 25.9. The van der Waals surface area contributed by atoms with Crippen molar-refractivity contribution in [2.24, 2.45) is 5.92 Å². The highest BCUT2D eigenvalue weighted by atomic mass is 16.5. The van der Waals surface area contributed by atoms with Gasteiger partial charge in [-0.05, 0) is 24.5 Å². The maximum atomic E-state index is 12.3. The first-order chi connectivity index (χ1) is 12.2. The van der Waals surface area contributed by atoms with Crippen LogP contribution in [0.15, 0.2) is 60.7 Å². The van der Waals surface area contributed by atoms with Gasteiger partial charge in [0.25, 0.3) is 0 Å². The molecule has 2 aromatic rings. The molecule has 1 fully saturated rings. The van der Waals surface area contributed by atoms with Crippen molar-refractivity contribution in [2.75, 3.05) is 6.61 Å². The first kappa shape index (κ1) is 17.4. The molecule has 0 saturated carbocycles. The zero-order chi connectivity index (χ0) is 17.6. The molecule has 4 nitrogen and oxygen atoms in total. The Kier molecular flexibility index (Phi) is 5.61. The molecular weight excluding hydrogens is 314 g/mol. The molecule has 0 bridgehead atoms. The molecule has 1 aliphatic rings. The van der Waals surface area contributed by atoms with Crippen LogP contribution in [-0.4, -0.2) is 29.2 Å². The Labute approximate surface area is 148 Å². The number of nitrogens with zero attached hydrogens (tertiary/aromatic N) is 1. The van der Waals surface area contributed by atoms with Gasteiger partial charge in [0.05, 0.1) is 12.6 Å². The number of β-lactam (4-membered cyclic amide) rings is 1. The quantitative estimate of drug-likeness (QED) is 0.422. The Bertz CT molecular complexity index is 714. The molecule has 4 heteroatoms. The van der Waals surface area contributed by atoms with Gasteiger partial charge >= 0.3 is 0 Å². The Morgan fingerprint density at radius 1 is 1.00 bits per heavy atom. The molecule has 0 radical (unpaired) electrons. The number of Topliss-reactive ketones (excluding diaryl/α,β-unsaturated/α-hetero) is 1. The third-order valence-corrected chi connectivity index (χ3v) is 4.64. The smallest absolute Gasteiger partial charge is 0.235 e. The summed E-state index contributed by atoms with van der Waals surface area (Å²) < 4.78 is 5.74. The summed E-state index contributed by atoms with van der Waals surface area (Å²) in [6, 6.07) is 19.8. The summed E-state index contributed by atoms with van der Waals surface area (Å²) in [6.07, 6.45) is 0.676. The van der Waals surface area contributed by atoms with E-state index in [1.165, 1.54) is 6.92 Å². The molecule has 1 heterocycles. The van der Waals surface area contributed by atoms with Crippen LogP contribution in [0.1, 0.15) is 24.5 Å². The highest BCUT2D eigenvalue weighted by Gasteiger charge is 2.49. The van der Waals surface area contributed by atoms with Crippen LogP contribution in [0.2, 0.25) is 0 Å². The molecule has 0 aromatic heterocycles. The predicted octanol–water partition coefficient (Wildman–Crippen LogP) is 3.21. The van der Waals surface area contributed by atoms with Crippen molar-refractivity contribution in [1.29, 1.82) is 0 Å². The summed E-state index contributed by atoms with van der Waals surface area (Å²) >= 11 is 0. The number of ether oxygens (including phenoxy) is 1. The lowest BCUT2D eigenvalue weighted by Gasteiger charge is -2.46. The van der Waals surface area contributed by atoms with E-state index in [-0.39, 0.29) is 17.7 Å². The third kappa shape index (κ3) is 4.15. The number of benzene rings is 2. The summed E-state index contributed by atoms with van der Waals surface area (Å²) in [6.45, 7) is 3.12. The molecule has 1 saturated heterocycles. The Morgan fingerprint density at radius 2 is 1.60 bits per heavy atom. The van der Waals surface area contributed by atoms with Crippen LogP contribution in [0, 0.1) is 5.92 Å². The number of hydrogen-bond donors (Lipinski definition) is 0. The minimum absolute atomic E-state index is 0.0534. The summed E-state index contributed by atoms with van der Waals surface area (Å²) in [5.41, 5.74) is 2.20. The van der Waals surface area contributed by atoms with Gasteiger partial charge in [0.2, 0.25) is 5.91 Å². The lowest BCUT2D eigenvalue weighted by Crippen LogP contribution is -2.62. The number of rotatable bonds is 8. The summed E-state index contributed by atoms with van der Waals surface area (Å²) in [5, 5.41) is 0. The van der Waals surface area contributed by atoms with E-state index >= 15 is 0 Å². The molecule has 2 atom stereocenters. The van der Waals surface area contributed by atoms with Crippen molar-refractivity contribution in [3.05, 3.63) is 71.8 Å². The molecule has 25 heavy (non-hydrogen) atoms. The molecule has 2 aromatic carbocycles. The molecule has 3 rings (SSSR count). The van der Waals surface area contributed by atoms with Crippen LogP contribution in [0.5, 0.6) is 0 Å². The fourth-order valence-corrected chi connectivity index (χ4v) is 3.32. The van der Waals surface area contributed by atoms with Crippen molar-refractivity contribution in [3.8, 4) is 0 Å². The van der Waals surface area contributed by atoms with Crippen molar-refractivity contribution < 1.29 is 14.3 Å². The van der Waals surface area contributed by atoms with E-state index < -0.39 is 5.92 Å². The number of likely N-dealkylation sites (tertiary alicyclic amines) is 1. The van der Waals surface area contributed by atoms with Crippen LogP contribution < -0.4 is 0 Å². The lowest BCUT2D eigenvalue weighted by molar-refractivity contribution is -0.163. The van der Waals surface area contributed by atoms with Crippen molar-refractivity contribution in [2.45, 2.75) is 32.5 Å². The topological polar surface area (TPSA) is 46.6 Å². The molecule has 0 N–H and O–H groups in total. The predicted molar refractivity (Wildman–Crippen MR) is 95.7 cm³/mol. The van der Waals surface area contributed by atoms with Gasteiger partial charge in [-0.25, -0.2) is 0 Å². The van der Waals surface area contributed by atoms with Crippen LogP contribution >= 0.6 is 0 Å². The van der Waals surface area contributed by atoms with E-state index in [9.17, 15) is 9.59 Å². The number of hydrogen-bond acceptors (Lipinski definition) is 3. The van der Waals surface area contributed by atoms with E-state index in [1.54, 1.807) is 4.90 Å². The van der Waals surface area contributed by atoms with Gasteiger partial charge in [0, 0.05) is 13.2 Å². The van der Waals surface area contributed by atoms with Gasteiger partial charge in [0.15, 0.2) is 0 Å². The lowest BCUT2D eigenvalue weighted by atomic mass is 9.82. The standard InChI is InChI=1S/C21H23NO3/c1-16(23)20-19(12-13-25-15-18-10-6-3-7-11-18)22(21(20)24)14-17-8-4-2-5-9-17/h2-11,19-20H,12-15H2,1H3/t19-,20-/m1/s1. The van der Waals surface area contributed by atoms with E-state index in [4.69, 9.17) is 4.74 Å². The number of carbonyl (C=O) groups excluding carboxylic acids is 2. The summed E-state index contributed by atoms with van der Waals surface area (Å²) in [7, 11) is 0. The second-order valence-corrected chi connectivity index (χ2v) is 6.43. The molecular formula is C21H23NO3. The van der Waals surface area contributed by atoms with Gasteiger partial charge in [-0.1, -0.05) is 60.7 Å². The fraction of sp³-hybridized carbons (Fsp3) is 0.333. The Balaban J connectivity index is 1.55.